The molecule has 1 heterocycles. The number of nitrogens with one attached hydrogen (secondary N) is 1. The van der Waals surface area contributed by atoms with E-state index >= 15 is 0 Å². The van der Waals surface area contributed by atoms with E-state index in [1.165, 1.54) is 30.5 Å². The summed E-state index contributed by atoms with van der Waals surface area (Å²) < 4.78 is 0. The van der Waals surface area contributed by atoms with Crippen LogP contribution in [0.4, 0.5) is 5.69 Å². The lowest BCUT2D eigenvalue weighted by Crippen LogP contribution is -2.15. The van der Waals surface area contributed by atoms with Gasteiger partial charge in [-0.3, -0.25) is 4.98 Å². The average molecular weight is 192 g/mol. The van der Waals surface area contributed by atoms with Gasteiger partial charge < -0.3 is 5.32 Å². The van der Waals surface area contributed by atoms with Gasteiger partial charge in [-0.25, -0.2) is 0 Å². The summed E-state index contributed by atoms with van der Waals surface area (Å²) in [5, 5.41) is 3.50. The Balaban J connectivity index is 2.47. The molecule has 0 radical (unpaired) electrons. The number of nitrogens with zero attached hydrogens (tertiary/aromatic N) is 1. The van der Waals surface area contributed by atoms with Crippen LogP contribution in [-0.4, -0.2) is 11.0 Å². The van der Waals surface area contributed by atoms with Gasteiger partial charge in [-0.1, -0.05) is 19.8 Å². The third kappa shape index (κ3) is 3.36. The number of hydrogen-bond donors (Lipinski definition) is 1. The number of hydrogen-bond acceptors (Lipinski definition) is 2. The molecule has 1 unspecified atom stereocenters. The fourth-order valence-corrected chi connectivity index (χ4v) is 1.48. The molecular formula is C12H20N2. The molecule has 0 aliphatic heterocycles. The highest BCUT2D eigenvalue weighted by molar-refractivity contribution is 5.49. The minimum absolute atomic E-state index is 0.552. The smallest absolute Gasteiger partial charge is 0.0402 e. The van der Waals surface area contributed by atoms with E-state index in [9.17, 15) is 0 Å². The number of anilines is 1. The summed E-state index contributed by atoms with van der Waals surface area (Å²) >= 11 is 0. The van der Waals surface area contributed by atoms with E-state index in [1.54, 1.807) is 0 Å². The Kier molecular flexibility index (Phi) is 4.44. The molecule has 1 N–H and O–H groups in total. The van der Waals surface area contributed by atoms with Gasteiger partial charge in [-0.15, -0.1) is 0 Å². The molecule has 78 valence electrons. The van der Waals surface area contributed by atoms with Gasteiger partial charge in [0.05, 0.1) is 0 Å². The molecule has 0 bridgehead atoms. The van der Waals surface area contributed by atoms with Crippen molar-refractivity contribution in [1.29, 1.82) is 0 Å². The largest absolute Gasteiger partial charge is 0.382 e. The number of unbranched alkanes of at least 4 members (excludes halogenated alkanes) is 1. The van der Waals surface area contributed by atoms with Gasteiger partial charge >= 0.3 is 0 Å². The Morgan fingerprint density at radius 3 is 2.93 bits per heavy atom. The minimum atomic E-state index is 0.552. The molecule has 0 saturated carbocycles. The predicted molar refractivity (Wildman–Crippen MR) is 61.6 cm³/mol. The zero-order valence-electron chi connectivity index (χ0n) is 9.38. The van der Waals surface area contributed by atoms with Crippen molar-refractivity contribution in [2.75, 3.05) is 5.32 Å². The molecule has 0 spiro atoms. The molecule has 0 amide bonds. The summed E-state index contributed by atoms with van der Waals surface area (Å²) in [6.45, 7) is 6.54. The monoisotopic (exact) mass is 192 g/mol. The third-order valence-corrected chi connectivity index (χ3v) is 2.41. The molecule has 2 nitrogen and oxygen atoms in total. The van der Waals surface area contributed by atoms with Gasteiger partial charge in [0.25, 0.3) is 0 Å². The summed E-state index contributed by atoms with van der Waals surface area (Å²) in [5.74, 6) is 0. The van der Waals surface area contributed by atoms with E-state index in [4.69, 9.17) is 0 Å². The van der Waals surface area contributed by atoms with Gasteiger partial charge in [0.2, 0.25) is 0 Å². The minimum Gasteiger partial charge on any atom is -0.382 e. The highest BCUT2D eigenvalue weighted by Crippen LogP contribution is 2.14. The first-order valence-corrected chi connectivity index (χ1v) is 5.41. The van der Waals surface area contributed by atoms with Crippen molar-refractivity contribution < 1.29 is 0 Å². The maximum Gasteiger partial charge on any atom is 0.0402 e. The van der Waals surface area contributed by atoms with Crippen LogP contribution >= 0.6 is 0 Å². The molecule has 0 saturated heterocycles. The summed E-state index contributed by atoms with van der Waals surface area (Å²) in [4.78, 5) is 4.07. The Morgan fingerprint density at radius 2 is 2.29 bits per heavy atom. The molecule has 1 aromatic rings. The number of pyridine rings is 1. The maximum absolute atomic E-state index is 4.07. The van der Waals surface area contributed by atoms with Crippen LogP contribution in [0, 0.1) is 6.92 Å². The topological polar surface area (TPSA) is 24.9 Å². The van der Waals surface area contributed by atoms with Crippen LogP contribution in [0.3, 0.4) is 0 Å². The Hall–Kier alpha value is -1.05. The summed E-state index contributed by atoms with van der Waals surface area (Å²) in [6, 6.07) is 2.59. The highest BCUT2D eigenvalue weighted by atomic mass is 14.9. The van der Waals surface area contributed by atoms with Crippen LogP contribution in [0.5, 0.6) is 0 Å². The van der Waals surface area contributed by atoms with E-state index in [0.717, 1.165) is 0 Å². The first-order valence-electron chi connectivity index (χ1n) is 5.41. The first kappa shape index (κ1) is 11.0. The van der Waals surface area contributed by atoms with E-state index < -0.39 is 0 Å². The fourth-order valence-electron chi connectivity index (χ4n) is 1.48. The average Bonchev–Trinajstić information content (AvgIpc) is 2.18. The van der Waals surface area contributed by atoms with Crippen molar-refractivity contribution in [2.24, 2.45) is 0 Å². The molecule has 0 aliphatic rings. The highest BCUT2D eigenvalue weighted by Gasteiger charge is 2.02. The zero-order valence-corrected chi connectivity index (χ0v) is 9.38. The van der Waals surface area contributed by atoms with Crippen molar-refractivity contribution in [3.63, 3.8) is 0 Å². The Labute approximate surface area is 86.8 Å². The van der Waals surface area contributed by atoms with Crippen molar-refractivity contribution in [1.82, 2.24) is 4.98 Å². The summed E-state index contributed by atoms with van der Waals surface area (Å²) in [6.07, 6.45) is 7.52. The molecule has 1 rings (SSSR count). The Morgan fingerprint density at radius 1 is 1.50 bits per heavy atom. The van der Waals surface area contributed by atoms with Gasteiger partial charge in [0.15, 0.2) is 0 Å². The van der Waals surface area contributed by atoms with Crippen molar-refractivity contribution >= 4 is 5.69 Å². The van der Waals surface area contributed by atoms with Crippen molar-refractivity contribution in [3.05, 3.63) is 24.0 Å². The molecule has 14 heavy (non-hydrogen) atoms. The summed E-state index contributed by atoms with van der Waals surface area (Å²) in [5.41, 5.74) is 2.43. The van der Waals surface area contributed by atoms with Crippen LogP contribution in [0.1, 0.15) is 38.7 Å². The van der Waals surface area contributed by atoms with Crippen LogP contribution in [0.25, 0.3) is 0 Å². The molecular weight excluding hydrogens is 172 g/mol. The van der Waals surface area contributed by atoms with Crippen molar-refractivity contribution in [3.8, 4) is 0 Å². The Bertz CT molecular complexity index is 271. The first-order chi connectivity index (χ1) is 6.74. The van der Waals surface area contributed by atoms with Gasteiger partial charge in [-0.05, 0) is 31.9 Å². The van der Waals surface area contributed by atoms with E-state index in [1.807, 2.05) is 18.5 Å². The predicted octanol–water partition coefficient (Wildman–Crippen LogP) is 3.38. The number of aromatic nitrogens is 1. The van der Waals surface area contributed by atoms with E-state index in [2.05, 4.69) is 31.1 Å². The second-order valence-electron chi connectivity index (χ2n) is 3.88. The SMILES string of the molecule is CCCCC(C)Nc1ccncc1C. The quantitative estimate of drug-likeness (QED) is 0.773. The fraction of sp³-hybridized carbons (Fsp3) is 0.583. The standard InChI is InChI=1S/C12H20N2/c1-4-5-6-11(3)14-12-7-8-13-9-10(12)2/h7-9,11H,4-6H2,1-3H3,(H,13,14). The number of aryl methyl sites for hydroxylation is 1. The van der Waals surface area contributed by atoms with Crippen LogP contribution in [-0.2, 0) is 0 Å². The molecule has 1 atom stereocenters. The lowest BCUT2D eigenvalue weighted by Gasteiger charge is -2.16. The molecule has 1 aromatic heterocycles. The molecule has 0 fully saturated rings. The second kappa shape index (κ2) is 5.63. The normalized spacial score (nSPS) is 12.5. The third-order valence-electron chi connectivity index (χ3n) is 2.41. The van der Waals surface area contributed by atoms with E-state index in [0.29, 0.717) is 6.04 Å². The molecule has 0 aliphatic carbocycles. The van der Waals surface area contributed by atoms with Crippen LogP contribution in [0.2, 0.25) is 0 Å². The van der Waals surface area contributed by atoms with Gasteiger partial charge in [0.1, 0.15) is 0 Å². The van der Waals surface area contributed by atoms with Crippen molar-refractivity contribution in [2.45, 2.75) is 46.1 Å². The lowest BCUT2D eigenvalue weighted by molar-refractivity contribution is 0.644. The van der Waals surface area contributed by atoms with Gasteiger partial charge in [-0.2, -0.15) is 0 Å². The second-order valence-corrected chi connectivity index (χ2v) is 3.88. The molecule has 0 aromatic carbocycles. The zero-order chi connectivity index (χ0) is 10.4. The van der Waals surface area contributed by atoms with E-state index in [-0.39, 0.29) is 0 Å². The maximum atomic E-state index is 4.07. The number of rotatable bonds is 5. The van der Waals surface area contributed by atoms with Gasteiger partial charge in [0, 0.05) is 24.1 Å². The lowest BCUT2D eigenvalue weighted by atomic mass is 10.1. The van der Waals surface area contributed by atoms with Crippen LogP contribution in [0.15, 0.2) is 18.5 Å². The molecule has 2 heteroatoms. The van der Waals surface area contributed by atoms with Crippen LogP contribution < -0.4 is 5.32 Å². The summed E-state index contributed by atoms with van der Waals surface area (Å²) in [7, 11) is 0.